The van der Waals surface area contributed by atoms with Gasteiger partial charge in [0.2, 0.25) is 15.9 Å². The Kier molecular flexibility index (Phi) is 5.49. The van der Waals surface area contributed by atoms with Crippen LogP contribution in [0.25, 0.3) is 17.0 Å². The van der Waals surface area contributed by atoms with Gasteiger partial charge < -0.3 is 10.2 Å². The van der Waals surface area contributed by atoms with Crippen molar-refractivity contribution in [3.8, 4) is 11.4 Å². The van der Waals surface area contributed by atoms with Gasteiger partial charge >= 0.3 is 0 Å². The first-order valence-electron chi connectivity index (χ1n) is 9.14. The third kappa shape index (κ3) is 4.74. The number of nitrogens with zero attached hydrogens (tertiary/aromatic N) is 6. The Hall–Kier alpha value is -3.26. The Morgan fingerprint density at radius 3 is 2.84 bits per heavy atom. The fourth-order valence-electron chi connectivity index (χ4n) is 3.20. The topological polar surface area (TPSA) is 134 Å². The maximum absolute atomic E-state index is 13.0. The normalized spacial score (nSPS) is 17.4. The molecule has 0 unspecified atom stereocenters. The number of hydrogen-bond donors (Lipinski definition) is 2. The molecule has 0 aromatic carbocycles. The van der Waals surface area contributed by atoms with E-state index in [1.54, 1.807) is 11.0 Å². The average molecular weight is 452 g/mol. The van der Waals surface area contributed by atoms with Gasteiger partial charge in [-0.25, -0.2) is 41.4 Å². The number of fused-ring (bicyclic) bond motifs is 1. The molecule has 3 aromatic rings. The SMILES string of the molecule is CS(=O)(=O)NC[C@@H]1CN(c2cc(-c3cnc4ccc(C(F)F)nn34)ncn2)CC(=O)N1. The lowest BCUT2D eigenvalue weighted by Crippen LogP contribution is -2.58. The van der Waals surface area contributed by atoms with E-state index in [1.165, 1.54) is 29.2 Å². The van der Waals surface area contributed by atoms with Crippen LogP contribution in [0.5, 0.6) is 0 Å². The minimum Gasteiger partial charge on any atom is -0.349 e. The van der Waals surface area contributed by atoms with Gasteiger partial charge in [-0.05, 0) is 12.1 Å². The summed E-state index contributed by atoms with van der Waals surface area (Å²) in [6, 6.07) is 3.79. The van der Waals surface area contributed by atoms with Crippen molar-refractivity contribution < 1.29 is 22.0 Å². The number of halogens is 2. The fourth-order valence-corrected chi connectivity index (χ4v) is 3.71. The first kappa shape index (κ1) is 21.0. The molecule has 1 atom stereocenters. The van der Waals surface area contributed by atoms with E-state index in [9.17, 15) is 22.0 Å². The van der Waals surface area contributed by atoms with Crippen molar-refractivity contribution in [2.45, 2.75) is 12.5 Å². The van der Waals surface area contributed by atoms with E-state index in [0.29, 0.717) is 29.4 Å². The number of carbonyl (C=O) groups is 1. The lowest BCUT2D eigenvalue weighted by atomic mass is 10.2. The number of alkyl halides is 2. The molecule has 4 rings (SSSR count). The average Bonchev–Trinajstić information content (AvgIpc) is 3.15. The van der Waals surface area contributed by atoms with Gasteiger partial charge in [-0.2, -0.15) is 5.10 Å². The molecule has 1 fully saturated rings. The predicted molar refractivity (Wildman–Crippen MR) is 106 cm³/mol. The van der Waals surface area contributed by atoms with Crippen LogP contribution in [0.4, 0.5) is 14.6 Å². The molecule has 14 heteroatoms. The maximum Gasteiger partial charge on any atom is 0.282 e. The first-order valence-corrected chi connectivity index (χ1v) is 11.0. The number of hydrogen-bond acceptors (Lipinski definition) is 8. The van der Waals surface area contributed by atoms with E-state index in [-0.39, 0.29) is 19.0 Å². The summed E-state index contributed by atoms with van der Waals surface area (Å²) in [4.78, 5) is 26.3. The first-order chi connectivity index (χ1) is 14.7. The van der Waals surface area contributed by atoms with Crippen molar-refractivity contribution in [1.82, 2.24) is 34.6 Å². The van der Waals surface area contributed by atoms with E-state index in [0.717, 1.165) is 6.26 Å². The molecule has 2 N–H and O–H groups in total. The van der Waals surface area contributed by atoms with Gasteiger partial charge in [-0.1, -0.05) is 0 Å². The molecule has 31 heavy (non-hydrogen) atoms. The largest absolute Gasteiger partial charge is 0.349 e. The molecule has 164 valence electrons. The zero-order valence-electron chi connectivity index (χ0n) is 16.2. The second-order valence-electron chi connectivity index (χ2n) is 7.00. The molecule has 0 radical (unpaired) electrons. The number of sulfonamides is 1. The van der Waals surface area contributed by atoms with Gasteiger partial charge in [0, 0.05) is 19.2 Å². The third-order valence-electron chi connectivity index (χ3n) is 4.58. The van der Waals surface area contributed by atoms with Crippen molar-refractivity contribution in [1.29, 1.82) is 0 Å². The lowest BCUT2D eigenvalue weighted by molar-refractivity contribution is -0.121. The molecular formula is C17H18F2N8O3S. The molecule has 4 heterocycles. The molecule has 0 spiro atoms. The van der Waals surface area contributed by atoms with Crippen molar-refractivity contribution in [2.75, 3.05) is 30.8 Å². The zero-order valence-corrected chi connectivity index (χ0v) is 17.1. The minimum absolute atomic E-state index is 0.0206. The highest BCUT2D eigenvalue weighted by Crippen LogP contribution is 2.24. The maximum atomic E-state index is 13.0. The number of carbonyl (C=O) groups excluding carboxylic acids is 1. The molecule has 1 aliphatic rings. The lowest BCUT2D eigenvalue weighted by Gasteiger charge is -2.33. The Morgan fingerprint density at radius 2 is 2.10 bits per heavy atom. The summed E-state index contributed by atoms with van der Waals surface area (Å²) in [5.41, 5.74) is 0.755. The van der Waals surface area contributed by atoms with Crippen LogP contribution in [0.2, 0.25) is 0 Å². The van der Waals surface area contributed by atoms with Crippen LogP contribution >= 0.6 is 0 Å². The van der Waals surface area contributed by atoms with E-state index >= 15 is 0 Å². The Bertz CT molecular complexity index is 1230. The molecule has 1 saturated heterocycles. The number of piperazine rings is 1. The number of rotatable bonds is 6. The number of amides is 1. The van der Waals surface area contributed by atoms with Crippen LogP contribution in [-0.2, 0) is 14.8 Å². The number of anilines is 1. The Balaban J connectivity index is 1.62. The van der Waals surface area contributed by atoms with Gasteiger partial charge in [-0.15, -0.1) is 0 Å². The highest BCUT2D eigenvalue weighted by atomic mass is 32.2. The summed E-state index contributed by atoms with van der Waals surface area (Å²) in [6.45, 7) is 0.366. The van der Waals surface area contributed by atoms with Crippen LogP contribution < -0.4 is 14.9 Å². The minimum atomic E-state index is -3.41. The number of aromatic nitrogens is 5. The molecule has 0 saturated carbocycles. The molecule has 11 nitrogen and oxygen atoms in total. The van der Waals surface area contributed by atoms with Crippen molar-refractivity contribution in [2.24, 2.45) is 0 Å². The van der Waals surface area contributed by atoms with E-state index in [1.807, 2.05) is 0 Å². The summed E-state index contributed by atoms with van der Waals surface area (Å²) in [7, 11) is -3.41. The monoisotopic (exact) mass is 452 g/mol. The number of nitrogens with one attached hydrogen (secondary N) is 2. The Morgan fingerprint density at radius 1 is 1.29 bits per heavy atom. The Labute approximate surface area is 175 Å². The van der Waals surface area contributed by atoms with Gasteiger partial charge in [0.1, 0.15) is 23.5 Å². The van der Waals surface area contributed by atoms with Crippen molar-refractivity contribution in [3.63, 3.8) is 0 Å². The predicted octanol–water partition coefficient (Wildman–Crippen LogP) is -0.0221. The quantitative estimate of drug-likeness (QED) is 0.533. The molecule has 0 aliphatic carbocycles. The van der Waals surface area contributed by atoms with Crippen LogP contribution in [-0.4, -0.2) is 70.8 Å². The van der Waals surface area contributed by atoms with Crippen LogP contribution in [0.15, 0.2) is 30.7 Å². The van der Waals surface area contributed by atoms with Gasteiger partial charge in [0.25, 0.3) is 6.43 Å². The second-order valence-corrected chi connectivity index (χ2v) is 8.83. The summed E-state index contributed by atoms with van der Waals surface area (Å²) in [5, 5.41) is 6.65. The van der Waals surface area contributed by atoms with Gasteiger partial charge in [0.05, 0.1) is 30.7 Å². The second kappa shape index (κ2) is 8.11. The van der Waals surface area contributed by atoms with Gasteiger partial charge in [0.15, 0.2) is 5.65 Å². The molecular weight excluding hydrogens is 434 g/mol. The summed E-state index contributed by atoms with van der Waals surface area (Å²) in [6.07, 6.45) is 1.06. The molecule has 1 aliphatic heterocycles. The molecule has 1 amide bonds. The van der Waals surface area contributed by atoms with E-state index < -0.39 is 28.2 Å². The van der Waals surface area contributed by atoms with Crippen molar-refractivity contribution in [3.05, 3.63) is 36.4 Å². The highest BCUT2D eigenvalue weighted by molar-refractivity contribution is 7.88. The van der Waals surface area contributed by atoms with Crippen LogP contribution in [0, 0.1) is 0 Å². The van der Waals surface area contributed by atoms with Crippen LogP contribution in [0.3, 0.4) is 0 Å². The smallest absolute Gasteiger partial charge is 0.282 e. The summed E-state index contributed by atoms with van der Waals surface area (Å²) >= 11 is 0. The van der Waals surface area contributed by atoms with E-state index in [4.69, 9.17) is 0 Å². The fraction of sp³-hybridized carbons (Fsp3) is 0.353. The van der Waals surface area contributed by atoms with E-state index in [2.05, 4.69) is 30.1 Å². The van der Waals surface area contributed by atoms with Gasteiger partial charge in [-0.3, -0.25) is 4.79 Å². The third-order valence-corrected chi connectivity index (χ3v) is 5.27. The molecule has 0 bridgehead atoms. The zero-order chi connectivity index (χ0) is 22.2. The highest BCUT2D eigenvalue weighted by Gasteiger charge is 2.26. The van der Waals surface area contributed by atoms with Crippen molar-refractivity contribution >= 4 is 27.4 Å². The summed E-state index contributed by atoms with van der Waals surface area (Å²) < 4.78 is 52.4. The standard InChI is InChI=1S/C17H18F2N8O3S/c1-31(29,30)23-5-10-7-26(8-16(28)24-10)15-4-12(21-9-22-15)13-6-20-14-3-2-11(17(18)19)25-27(13)14/h2-4,6,9-10,17,23H,5,7-8H2,1H3,(H,24,28)/t10-/m1/s1. The molecule has 3 aromatic heterocycles. The van der Waals surface area contributed by atoms with Crippen LogP contribution in [0.1, 0.15) is 12.1 Å². The number of imidazole rings is 1. The summed E-state index contributed by atoms with van der Waals surface area (Å²) in [5.74, 6) is 0.133.